The highest BCUT2D eigenvalue weighted by atomic mass is 16.5. The van der Waals surface area contributed by atoms with E-state index in [4.69, 9.17) is 4.74 Å². The first-order valence-electron chi connectivity index (χ1n) is 7.68. The normalized spacial score (nSPS) is 12.8. The molecule has 2 N–H and O–H groups in total. The summed E-state index contributed by atoms with van der Waals surface area (Å²) in [6, 6.07) is 0. The Bertz CT molecular complexity index is 365. The van der Waals surface area contributed by atoms with E-state index in [1.54, 1.807) is 13.2 Å². The van der Waals surface area contributed by atoms with Crippen molar-refractivity contribution in [3.8, 4) is 0 Å². The lowest BCUT2D eigenvalue weighted by Crippen LogP contribution is -2.59. The summed E-state index contributed by atoms with van der Waals surface area (Å²) in [7, 11) is 9.82. The first kappa shape index (κ1) is 20.9. The van der Waals surface area contributed by atoms with Gasteiger partial charge in [-0.1, -0.05) is 25.3 Å². The smallest absolute Gasteiger partial charge is 0.118 e. The van der Waals surface area contributed by atoms with E-state index in [1.165, 1.54) is 0 Å². The molecule has 22 heavy (non-hydrogen) atoms. The van der Waals surface area contributed by atoms with Crippen LogP contribution in [0, 0.1) is 0 Å². The van der Waals surface area contributed by atoms with Crippen LogP contribution in [0.25, 0.3) is 0 Å². The van der Waals surface area contributed by atoms with Crippen LogP contribution in [-0.4, -0.2) is 76.9 Å². The van der Waals surface area contributed by atoms with Crippen molar-refractivity contribution in [3.05, 3.63) is 36.6 Å². The predicted molar refractivity (Wildman–Crippen MR) is 95.9 cm³/mol. The zero-order chi connectivity index (χ0) is 17.2. The lowest BCUT2D eigenvalue weighted by molar-refractivity contribution is 0.0162. The van der Waals surface area contributed by atoms with Crippen LogP contribution < -0.4 is 10.6 Å². The zero-order valence-electron chi connectivity index (χ0n) is 15.2. The molecular formula is C17H34N4O. The second-order valence-corrected chi connectivity index (χ2v) is 5.51. The highest BCUT2D eigenvalue weighted by molar-refractivity contribution is 5.36. The van der Waals surface area contributed by atoms with Crippen LogP contribution in [0.2, 0.25) is 0 Å². The molecule has 5 heteroatoms. The van der Waals surface area contributed by atoms with Crippen molar-refractivity contribution in [1.82, 2.24) is 20.4 Å². The molecule has 0 radical (unpaired) electrons. The van der Waals surface area contributed by atoms with Gasteiger partial charge >= 0.3 is 0 Å². The van der Waals surface area contributed by atoms with E-state index in [-0.39, 0.29) is 5.66 Å². The molecular weight excluding hydrogens is 276 g/mol. The van der Waals surface area contributed by atoms with Gasteiger partial charge in [0.1, 0.15) is 11.4 Å². The van der Waals surface area contributed by atoms with Gasteiger partial charge < -0.3 is 15.4 Å². The number of likely N-dealkylation sites (N-methyl/N-ethyl adjacent to an activating group) is 4. The Labute approximate surface area is 136 Å². The number of nitrogens with zero attached hydrogens (tertiary/aromatic N) is 2. The summed E-state index contributed by atoms with van der Waals surface area (Å²) in [4.78, 5) is 4.61. The fourth-order valence-corrected chi connectivity index (χ4v) is 2.44. The molecule has 0 bridgehead atoms. The standard InChI is InChI=1S/C17H34N4O/c1-9-10-16(15(2)22-8)17(3,20(6)13-11-18-4)21(7)14-12-19-5/h9-10,18-19H,1-2,11-14H2,3-8H3/b16-10-. The average molecular weight is 310 g/mol. The Morgan fingerprint density at radius 1 is 1.14 bits per heavy atom. The maximum Gasteiger partial charge on any atom is 0.118 e. The van der Waals surface area contributed by atoms with Crippen LogP contribution in [0.4, 0.5) is 0 Å². The molecule has 0 atom stereocenters. The minimum atomic E-state index is -0.338. The summed E-state index contributed by atoms with van der Waals surface area (Å²) >= 11 is 0. The van der Waals surface area contributed by atoms with E-state index in [9.17, 15) is 0 Å². The number of nitrogens with one attached hydrogen (secondary N) is 2. The zero-order valence-corrected chi connectivity index (χ0v) is 15.2. The fraction of sp³-hybridized carbons (Fsp3) is 0.647. The lowest BCUT2D eigenvalue weighted by Gasteiger charge is -2.47. The third kappa shape index (κ3) is 5.25. The molecule has 0 fully saturated rings. The Kier molecular flexibility index (Phi) is 10.0. The van der Waals surface area contributed by atoms with Gasteiger partial charge in [0.2, 0.25) is 0 Å². The topological polar surface area (TPSA) is 39.8 Å². The number of allylic oxidation sites excluding steroid dienone is 2. The van der Waals surface area contributed by atoms with Crippen molar-refractivity contribution in [2.75, 3.05) is 61.5 Å². The van der Waals surface area contributed by atoms with Crippen molar-refractivity contribution in [1.29, 1.82) is 0 Å². The minimum Gasteiger partial charge on any atom is -0.497 e. The van der Waals surface area contributed by atoms with E-state index in [2.05, 4.69) is 54.6 Å². The third-order valence-corrected chi connectivity index (χ3v) is 4.22. The fourth-order valence-electron chi connectivity index (χ4n) is 2.44. The van der Waals surface area contributed by atoms with Crippen LogP contribution in [0.15, 0.2) is 36.6 Å². The number of rotatable bonds is 12. The van der Waals surface area contributed by atoms with Gasteiger partial charge in [-0.25, -0.2) is 0 Å². The van der Waals surface area contributed by atoms with E-state index in [0.717, 1.165) is 31.8 Å². The second kappa shape index (κ2) is 10.6. The molecule has 0 aromatic rings. The average Bonchev–Trinajstić information content (AvgIpc) is 2.53. The molecule has 0 unspecified atom stereocenters. The summed E-state index contributed by atoms with van der Waals surface area (Å²) in [6.07, 6.45) is 3.77. The first-order valence-corrected chi connectivity index (χ1v) is 7.68. The summed E-state index contributed by atoms with van der Waals surface area (Å²) in [5.74, 6) is 0.662. The molecule has 0 aromatic carbocycles. The predicted octanol–water partition coefficient (Wildman–Crippen LogP) is 1.28. The van der Waals surface area contributed by atoms with Gasteiger partial charge in [-0.05, 0) is 35.1 Å². The van der Waals surface area contributed by atoms with Crippen LogP contribution in [0.3, 0.4) is 0 Å². The molecule has 0 amide bonds. The molecule has 0 aliphatic rings. The summed E-state index contributed by atoms with van der Waals surface area (Å²) in [5.41, 5.74) is 0.678. The highest BCUT2D eigenvalue weighted by Gasteiger charge is 2.38. The first-order chi connectivity index (χ1) is 10.4. The SMILES string of the molecule is C=C/C=C(/C(=C)OC)C(C)(N(C)CCNC)N(C)CCNC. The van der Waals surface area contributed by atoms with Gasteiger partial charge in [0.15, 0.2) is 0 Å². The van der Waals surface area contributed by atoms with E-state index in [1.807, 2.05) is 20.2 Å². The van der Waals surface area contributed by atoms with Crippen molar-refractivity contribution in [2.24, 2.45) is 0 Å². The number of methoxy groups -OCH3 is 1. The monoisotopic (exact) mass is 310 g/mol. The van der Waals surface area contributed by atoms with Gasteiger partial charge in [0, 0.05) is 31.8 Å². The molecule has 0 heterocycles. The van der Waals surface area contributed by atoms with Gasteiger partial charge in [0.05, 0.1) is 7.11 Å². The maximum atomic E-state index is 5.43. The molecule has 0 aliphatic carbocycles. The van der Waals surface area contributed by atoms with Gasteiger partial charge in [0.25, 0.3) is 0 Å². The summed E-state index contributed by atoms with van der Waals surface area (Å²) in [6.45, 7) is 13.7. The molecule has 0 saturated heterocycles. The Hall–Kier alpha value is -1.14. The molecule has 0 aliphatic heterocycles. The lowest BCUT2D eigenvalue weighted by atomic mass is 9.95. The maximum absolute atomic E-state index is 5.43. The number of ether oxygens (including phenoxy) is 1. The molecule has 0 spiro atoms. The van der Waals surface area contributed by atoms with Crippen molar-refractivity contribution < 1.29 is 4.74 Å². The Balaban J connectivity index is 5.67. The van der Waals surface area contributed by atoms with Crippen molar-refractivity contribution in [3.63, 3.8) is 0 Å². The van der Waals surface area contributed by atoms with Crippen LogP contribution in [-0.2, 0) is 4.74 Å². The minimum absolute atomic E-state index is 0.338. The van der Waals surface area contributed by atoms with E-state index < -0.39 is 0 Å². The van der Waals surface area contributed by atoms with Crippen molar-refractivity contribution >= 4 is 0 Å². The largest absolute Gasteiger partial charge is 0.497 e. The van der Waals surface area contributed by atoms with Crippen molar-refractivity contribution in [2.45, 2.75) is 12.6 Å². The molecule has 0 aromatic heterocycles. The number of hydrogen-bond acceptors (Lipinski definition) is 5. The molecule has 0 saturated carbocycles. The summed E-state index contributed by atoms with van der Waals surface area (Å²) in [5, 5.41) is 6.40. The Morgan fingerprint density at radius 2 is 1.59 bits per heavy atom. The number of hydrogen-bond donors (Lipinski definition) is 2. The highest BCUT2D eigenvalue weighted by Crippen LogP contribution is 2.31. The molecule has 5 nitrogen and oxygen atoms in total. The van der Waals surface area contributed by atoms with Gasteiger partial charge in [-0.3, -0.25) is 9.80 Å². The second-order valence-electron chi connectivity index (χ2n) is 5.51. The van der Waals surface area contributed by atoms with Crippen LogP contribution >= 0.6 is 0 Å². The van der Waals surface area contributed by atoms with Crippen LogP contribution in [0.1, 0.15) is 6.92 Å². The summed E-state index contributed by atoms with van der Waals surface area (Å²) < 4.78 is 5.43. The third-order valence-electron chi connectivity index (χ3n) is 4.22. The van der Waals surface area contributed by atoms with Gasteiger partial charge in [-0.2, -0.15) is 0 Å². The van der Waals surface area contributed by atoms with Crippen LogP contribution in [0.5, 0.6) is 0 Å². The van der Waals surface area contributed by atoms with E-state index >= 15 is 0 Å². The quantitative estimate of drug-likeness (QED) is 0.323. The van der Waals surface area contributed by atoms with E-state index in [0.29, 0.717) is 5.76 Å². The van der Waals surface area contributed by atoms with Gasteiger partial charge in [-0.15, -0.1) is 0 Å². The molecule has 0 rings (SSSR count). The Morgan fingerprint density at radius 3 is 1.91 bits per heavy atom. The molecule has 128 valence electrons.